The van der Waals surface area contributed by atoms with E-state index >= 15 is 0 Å². The van der Waals surface area contributed by atoms with Crippen LogP contribution in [0, 0.1) is 0 Å². The number of carbonyl (C=O) groups is 1. The first-order valence-electron chi connectivity index (χ1n) is 5.94. The van der Waals surface area contributed by atoms with E-state index < -0.39 is 27.9 Å². The Morgan fingerprint density at radius 1 is 1.28 bits per heavy atom. The van der Waals surface area contributed by atoms with Crippen molar-refractivity contribution in [2.24, 2.45) is 0 Å². The summed E-state index contributed by atoms with van der Waals surface area (Å²) in [5, 5.41) is 2.66. The minimum atomic E-state index is -3.50. The number of nitrogens with one attached hydrogen (secondary N) is 1. The summed E-state index contributed by atoms with van der Waals surface area (Å²) in [6.45, 7) is 5.31. The molecule has 0 spiro atoms. The van der Waals surface area contributed by atoms with E-state index in [-0.39, 0.29) is 6.04 Å². The van der Waals surface area contributed by atoms with E-state index in [0.29, 0.717) is 12.8 Å². The summed E-state index contributed by atoms with van der Waals surface area (Å²) >= 11 is 0. The van der Waals surface area contributed by atoms with Crippen LogP contribution < -0.4 is 5.32 Å². The van der Waals surface area contributed by atoms with Gasteiger partial charge in [-0.1, -0.05) is 0 Å². The van der Waals surface area contributed by atoms with Crippen LogP contribution in [0.4, 0.5) is 4.79 Å². The minimum absolute atomic E-state index is 0.311. The lowest BCUT2D eigenvalue weighted by molar-refractivity contribution is 0.0466. The summed E-state index contributed by atoms with van der Waals surface area (Å²) in [5.41, 5.74) is -0.574. The zero-order valence-electron chi connectivity index (χ0n) is 11.2. The van der Waals surface area contributed by atoms with Crippen molar-refractivity contribution < 1.29 is 22.1 Å². The van der Waals surface area contributed by atoms with Crippen LogP contribution in [0.5, 0.6) is 0 Å². The van der Waals surface area contributed by atoms with E-state index in [1.807, 2.05) is 0 Å². The molecule has 0 heterocycles. The first kappa shape index (κ1) is 15.2. The van der Waals surface area contributed by atoms with Crippen LogP contribution in [0.3, 0.4) is 0 Å². The van der Waals surface area contributed by atoms with Crippen molar-refractivity contribution in [2.45, 2.75) is 57.8 Å². The van der Waals surface area contributed by atoms with Crippen molar-refractivity contribution in [2.75, 3.05) is 6.26 Å². The topological polar surface area (TPSA) is 81.7 Å². The van der Waals surface area contributed by atoms with Gasteiger partial charge in [0.15, 0.2) is 0 Å². The summed E-state index contributed by atoms with van der Waals surface area (Å²) in [6.07, 6.45) is 2.10. The van der Waals surface area contributed by atoms with Gasteiger partial charge in [-0.15, -0.1) is 0 Å². The number of hydrogen-bond donors (Lipinski definition) is 1. The average Bonchev–Trinajstić information content (AvgIpc) is 2.45. The molecule has 0 bridgehead atoms. The molecule has 0 aromatic rings. The maximum atomic E-state index is 11.6. The normalized spacial score (nSPS) is 24.9. The molecule has 1 saturated carbocycles. The highest BCUT2D eigenvalue weighted by atomic mass is 32.2. The van der Waals surface area contributed by atoms with Crippen molar-refractivity contribution in [1.82, 2.24) is 5.32 Å². The molecule has 1 rings (SSSR count). The molecular weight excluding hydrogens is 258 g/mol. The fraction of sp³-hybridized carbons (Fsp3) is 0.909. The monoisotopic (exact) mass is 279 g/mol. The molecule has 1 amide bonds. The van der Waals surface area contributed by atoms with Crippen LogP contribution in [0.15, 0.2) is 0 Å². The predicted octanol–water partition coefficient (Wildman–Crippen LogP) is 1.41. The predicted molar refractivity (Wildman–Crippen MR) is 66.7 cm³/mol. The highest BCUT2D eigenvalue weighted by Crippen LogP contribution is 2.23. The largest absolute Gasteiger partial charge is 0.444 e. The number of hydrogen-bond acceptors (Lipinski definition) is 5. The smallest absolute Gasteiger partial charge is 0.407 e. The van der Waals surface area contributed by atoms with Crippen LogP contribution in [0.1, 0.15) is 40.0 Å². The summed E-state index contributed by atoms with van der Waals surface area (Å²) in [4.78, 5) is 11.6. The minimum Gasteiger partial charge on any atom is -0.444 e. The molecule has 0 radical (unpaired) electrons. The Bertz CT molecular complexity index is 398. The zero-order chi connectivity index (χ0) is 14.0. The molecule has 106 valence electrons. The standard InChI is InChI=1S/C11H21NO5S/c1-11(2,3)16-10(13)12-8-6-5-7-9(8)17-18(4,14)15/h8-9H,5-7H2,1-4H3,(H,12,13)/t8?,9-/m1/s1. The molecule has 1 aliphatic carbocycles. The molecule has 0 aromatic carbocycles. The average molecular weight is 279 g/mol. The SMILES string of the molecule is CC(C)(C)OC(=O)NC1CCC[C@H]1OS(C)(=O)=O. The second kappa shape index (κ2) is 5.44. The van der Waals surface area contributed by atoms with E-state index in [2.05, 4.69) is 5.32 Å². The number of rotatable bonds is 3. The third-order valence-electron chi connectivity index (χ3n) is 2.45. The van der Waals surface area contributed by atoms with Crippen LogP contribution in [-0.2, 0) is 19.0 Å². The second-order valence-electron chi connectivity index (χ2n) is 5.52. The van der Waals surface area contributed by atoms with E-state index in [1.165, 1.54) is 0 Å². The number of alkyl carbamates (subject to hydrolysis) is 1. The Morgan fingerprint density at radius 3 is 2.39 bits per heavy atom. The van der Waals surface area contributed by atoms with E-state index in [9.17, 15) is 13.2 Å². The summed E-state index contributed by atoms with van der Waals surface area (Å²) < 4.78 is 32.2. The van der Waals surface area contributed by atoms with Crippen LogP contribution in [0.2, 0.25) is 0 Å². The molecule has 6 nitrogen and oxygen atoms in total. The van der Waals surface area contributed by atoms with Gasteiger partial charge in [-0.25, -0.2) is 4.79 Å². The van der Waals surface area contributed by atoms with Gasteiger partial charge in [0.05, 0.1) is 18.4 Å². The second-order valence-corrected chi connectivity index (χ2v) is 7.12. The van der Waals surface area contributed by atoms with Gasteiger partial charge in [-0.05, 0) is 40.0 Å². The summed E-state index contributed by atoms with van der Waals surface area (Å²) in [5.74, 6) is 0. The summed E-state index contributed by atoms with van der Waals surface area (Å²) in [7, 11) is -3.50. The van der Waals surface area contributed by atoms with Crippen molar-refractivity contribution >= 4 is 16.2 Å². The third-order valence-corrected chi connectivity index (χ3v) is 3.05. The van der Waals surface area contributed by atoms with Gasteiger partial charge < -0.3 is 10.1 Å². The molecule has 1 fully saturated rings. The molecule has 0 aromatic heterocycles. The summed E-state index contributed by atoms with van der Waals surface area (Å²) in [6, 6.07) is -0.311. The maximum absolute atomic E-state index is 11.6. The lowest BCUT2D eigenvalue weighted by Crippen LogP contribution is -2.44. The van der Waals surface area contributed by atoms with Crippen LogP contribution in [0.25, 0.3) is 0 Å². The lowest BCUT2D eigenvalue weighted by atomic mass is 10.2. The van der Waals surface area contributed by atoms with Crippen LogP contribution >= 0.6 is 0 Å². The van der Waals surface area contributed by atoms with Crippen molar-refractivity contribution in [3.05, 3.63) is 0 Å². The first-order valence-corrected chi connectivity index (χ1v) is 7.76. The fourth-order valence-corrected chi connectivity index (χ4v) is 2.57. The molecule has 1 unspecified atom stereocenters. The van der Waals surface area contributed by atoms with E-state index in [4.69, 9.17) is 8.92 Å². The fourth-order valence-electron chi connectivity index (χ4n) is 1.89. The molecule has 1 aliphatic rings. The molecule has 0 aliphatic heterocycles. The number of carbonyl (C=O) groups excluding carboxylic acids is 1. The van der Waals surface area contributed by atoms with Gasteiger partial charge in [-0.2, -0.15) is 8.42 Å². The molecule has 1 N–H and O–H groups in total. The number of amides is 1. The molecule has 0 saturated heterocycles. The van der Waals surface area contributed by atoms with Gasteiger partial charge in [0.1, 0.15) is 5.60 Å². The highest BCUT2D eigenvalue weighted by Gasteiger charge is 2.33. The Kier molecular flexibility index (Phi) is 4.61. The Morgan fingerprint density at radius 2 is 1.89 bits per heavy atom. The third kappa shape index (κ3) is 5.68. The quantitative estimate of drug-likeness (QED) is 0.790. The molecule has 2 atom stereocenters. The lowest BCUT2D eigenvalue weighted by Gasteiger charge is -2.24. The zero-order valence-corrected chi connectivity index (χ0v) is 12.0. The van der Waals surface area contributed by atoms with Crippen molar-refractivity contribution in [3.63, 3.8) is 0 Å². The van der Waals surface area contributed by atoms with Gasteiger partial charge in [0.25, 0.3) is 10.1 Å². The van der Waals surface area contributed by atoms with Gasteiger partial charge in [0.2, 0.25) is 0 Å². The Labute approximate surface area is 108 Å². The first-order chi connectivity index (χ1) is 8.07. The molecule has 7 heteroatoms. The number of ether oxygens (including phenoxy) is 1. The molecular formula is C11H21NO5S. The van der Waals surface area contributed by atoms with Gasteiger partial charge in [0, 0.05) is 0 Å². The van der Waals surface area contributed by atoms with Gasteiger partial charge in [-0.3, -0.25) is 4.18 Å². The highest BCUT2D eigenvalue weighted by molar-refractivity contribution is 7.86. The van der Waals surface area contributed by atoms with Crippen molar-refractivity contribution in [1.29, 1.82) is 0 Å². The molecule has 18 heavy (non-hydrogen) atoms. The van der Waals surface area contributed by atoms with E-state index in [1.54, 1.807) is 20.8 Å². The van der Waals surface area contributed by atoms with Crippen molar-refractivity contribution in [3.8, 4) is 0 Å². The van der Waals surface area contributed by atoms with Gasteiger partial charge >= 0.3 is 6.09 Å². The Balaban J connectivity index is 2.53. The Hall–Kier alpha value is -0.820. The van der Waals surface area contributed by atoms with Crippen LogP contribution in [-0.4, -0.2) is 38.5 Å². The maximum Gasteiger partial charge on any atom is 0.407 e. The van der Waals surface area contributed by atoms with E-state index in [0.717, 1.165) is 12.7 Å².